The zero-order chi connectivity index (χ0) is 22.4. The van der Waals surface area contributed by atoms with Crippen LogP contribution in [-0.2, 0) is 9.53 Å². The topological polar surface area (TPSA) is 55.4 Å². The second-order valence-electron chi connectivity index (χ2n) is 7.07. The standard InChI is InChI=1S/C25H21F2NO3/c1-16(2)31-24(29)13-11-17-6-3-4-9-23(17)28-25(30)21-15-19(10-12-22(21)27)18-7-5-8-20(26)14-18/h3-16H,1-2H3,(H,28,30)/b13-11+. The lowest BCUT2D eigenvalue weighted by atomic mass is 10.0. The first-order valence-electron chi connectivity index (χ1n) is 9.68. The molecule has 0 saturated heterocycles. The molecular formula is C25H21F2NO3. The quantitative estimate of drug-likeness (QED) is 0.401. The van der Waals surface area contributed by atoms with Gasteiger partial charge in [0.2, 0.25) is 0 Å². The van der Waals surface area contributed by atoms with E-state index in [0.29, 0.717) is 22.4 Å². The molecule has 6 heteroatoms. The summed E-state index contributed by atoms with van der Waals surface area (Å²) < 4.78 is 33.0. The van der Waals surface area contributed by atoms with Gasteiger partial charge in [0, 0.05) is 11.8 Å². The van der Waals surface area contributed by atoms with Crippen molar-refractivity contribution in [2.45, 2.75) is 20.0 Å². The number of ether oxygens (including phenoxy) is 1. The number of esters is 1. The van der Waals surface area contributed by atoms with Crippen molar-refractivity contribution in [3.63, 3.8) is 0 Å². The molecule has 0 aliphatic heterocycles. The highest BCUT2D eigenvalue weighted by molar-refractivity contribution is 6.06. The van der Waals surface area contributed by atoms with Gasteiger partial charge in [0.15, 0.2) is 0 Å². The Hall–Kier alpha value is -3.80. The van der Waals surface area contributed by atoms with E-state index in [1.165, 1.54) is 42.5 Å². The Kier molecular flexibility index (Phi) is 6.92. The van der Waals surface area contributed by atoms with E-state index >= 15 is 0 Å². The summed E-state index contributed by atoms with van der Waals surface area (Å²) >= 11 is 0. The first-order valence-corrected chi connectivity index (χ1v) is 9.68. The molecule has 0 unspecified atom stereocenters. The molecule has 0 saturated carbocycles. The van der Waals surface area contributed by atoms with Gasteiger partial charge in [-0.05, 0) is 66.9 Å². The molecular weight excluding hydrogens is 400 g/mol. The molecule has 1 N–H and O–H groups in total. The lowest BCUT2D eigenvalue weighted by Gasteiger charge is -2.11. The number of halogens is 2. The van der Waals surface area contributed by atoms with Crippen molar-refractivity contribution in [3.8, 4) is 11.1 Å². The Morgan fingerprint density at radius 3 is 2.42 bits per heavy atom. The summed E-state index contributed by atoms with van der Waals surface area (Å²) in [5.41, 5.74) is 1.81. The number of hydrogen-bond acceptors (Lipinski definition) is 3. The lowest BCUT2D eigenvalue weighted by molar-refractivity contribution is -0.141. The molecule has 3 aromatic carbocycles. The van der Waals surface area contributed by atoms with Gasteiger partial charge in [-0.2, -0.15) is 0 Å². The van der Waals surface area contributed by atoms with E-state index in [9.17, 15) is 18.4 Å². The fourth-order valence-corrected chi connectivity index (χ4v) is 2.92. The van der Waals surface area contributed by atoms with Gasteiger partial charge in [-0.25, -0.2) is 13.6 Å². The summed E-state index contributed by atoms with van der Waals surface area (Å²) in [5.74, 6) is -2.30. The minimum Gasteiger partial charge on any atom is -0.460 e. The van der Waals surface area contributed by atoms with Crippen LogP contribution in [0, 0.1) is 11.6 Å². The van der Waals surface area contributed by atoms with Crippen molar-refractivity contribution in [1.82, 2.24) is 0 Å². The minimum atomic E-state index is -0.703. The number of rotatable bonds is 6. The summed E-state index contributed by atoms with van der Waals surface area (Å²) in [6.45, 7) is 3.48. The van der Waals surface area contributed by atoms with Crippen molar-refractivity contribution >= 4 is 23.6 Å². The van der Waals surface area contributed by atoms with E-state index in [2.05, 4.69) is 5.32 Å². The summed E-state index contributed by atoms with van der Waals surface area (Å²) in [6, 6.07) is 16.7. The third-order valence-electron chi connectivity index (χ3n) is 4.33. The van der Waals surface area contributed by atoms with Crippen LogP contribution in [0.2, 0.25) is 0 Å². The molecule has 0 heterocycles. The highest BCUT2D eigenvalue weighted by atomic mass is 19.1. The number of anilines is 1. The van der Waals surface area contributed by atoms with Crippen LogP contribution in [0.1, 0.15) is 29.8 Å². The van der Waals surface area contributed by atoms with Crippen molar-refractivity contribution < 1.29 is 23.1 Å². The van der Waals surface area contributed by atoms with Crippen molar-refractivity contribution in [2.24, 2.45) is 0 Å². The van der Waals surface area contributed by atoms with E-state index in [-0.39, 0.29) is 11.7 Å². The Bertz CT molecular complexity index is 1140. The van der Waals surface area contributed by atoms with Crippen molar-refractivity contribution in [1.29, 1.82) is 0 Å². The van der Waals surface area contributed by atoms with E-state index in [4.69, 9.17) is 4.74 Å². The average molecular weight is 421 g/mol. The maximum atomic E-state index is 14.4. The van der Waals surface area contributed by atoms with Crippen LogP contribution in [-0.4, -0.2) is 18.0 Å². The molecule has 0 bridgehead atoms. The summed E-state index contributed by atoms with van der Waals surface area (Å²) in [5, 5.41) is 2.67. The number of benzene rings is 3. The lowest BCUT2D eigenvalue weighted by Crippen LogP contribution is -2.14. The number of carbonyl (C=O) groups is 2. The van der Waals surface area contributed by atoms with Crippen molar-refractivity contribution in [3.05, 3.63) is 95.6 Å². The maximum absolute atomic E-state index is 14.4. The van der Waals surface area contributed by atoms with E-state index < -0.39 is 23.5 Å². The zero-order valence-corrected chi connectivity index (χ0v) is 17.1. The summed E-state index contributed by atoms with van der Waals surface area (Å²) in [7, 11) is 0. The van der Waals surface area contributed by atoms with Gasteiger partial charge >= 0.3 is 5.97 Å². The first kappa shape index (κ1) is 21.9. The molecule has 0 radical (unpaired) electrons. The van der Waals surface area contributed by atoms with Gasteiger partial charge in [-0.15, -0.1) is 0 Å². The molecule has 3 aromatic rings. The van der Waals surface area contributed by atoms with E-state index in [1.54, 1.807) is 50.2 Å². The van der Waals surface area contributed by atoms with E-state index in [0.717, 1.165) is 0 Å². The fourth-order valence-electron chi connectivity index (χ4n) is 2.92. The van der Waals surface area contributed by atoms with E-state index in [1.807, 2.05) is 0 Å². The predicted molar refractivity (Wildman–Crippen MR) is 116 cm³/mol. The number of amides is 1. The smallest absolute Gasteiger partial charge is 0.331 e. The normalized spacial score (nSPS) is 11.0. The van der Waals surface area contributed by atoms with Gasteiger partial charge in [0.1, 0.15) is 11.6 Å². The van der Waals surface area contributed by atoms with Crippen molar-refractivity contribution in [2.75, 3.05) is 5.32 Å². The third-order valence-corrected chi connectivity index (χ3v) is 4.33. The average Bonchev–Trinajstić information content (AvgIpc) is 2.73. The predicted octanol–water partition coefficient (Wildman–Crippen LogP) is 5.85. The number of carbonyl (C=O) groups excluding carboxylic acids is 2. The van der Waals surface area contributed by atoms with Crippen LogP contribution >= 0.6 is 0 Å². The SMILES string of the molecule is CC(C)OC(=O)/C=C/c1ccccc1NC(=O)c1cc(-c2cccc(F)c2)ccc1F. The molecule has 3 rings (SSSR count). The molecule has 0 atom stereocenters. The van der Waals surface area contributed by atoms with Gasteiger partial charge < -0.3 is 10.1 Å². The molecule has 4 nitrogen and oxygen atoms in total. The molecule has 31 heavy (non-hydrogen) atoms. The molecule has 0 aromatic heterocycles. The Morgan fingerprint density at radius 2 is 1.68 bits per heavy atom. The third kappa shape index (κ3) is 5.85. The Labute approximate surface area is 179 Å². The van der Waals surface area contributed by atoms with Gasteiger partial charge in [0.05, 0.1) is 11.7 Å². The van der Waals surface area contributed by atoms with Gasteiger partial charge in [0.25, 0.3) is 5.91 Å². The maximum Gasteiger partial charge on any atom is 0.331 e. The minimum absolute atomic E-state index is 0.181. The monoisotopic (exact) mass is 421 g/mol. The first-order chi connectivity index (χ1) is 14.8. The molecule has 1 amide bonds. The largest absolute Gasteiger partial charge is 0.460 e. The van der Waals surface area contributed by atoms with Crippen LogP contribution in [0.3, 0.4) is 0 Å². The van der Waals surface area contributed by atoms with Crippen LogP contribution in [0.4, 0.5) is 14.5 Å². The highest BCUT2D eigenvalue weighted by Crippen LogP contribution is 2.24. The van der Waals surface area contributed by atoms with Crippen LogP contribution < -0.4 is 5.32 Å². The summed E-state index contributed by atoms with van der Waals surface area (Å²) in [4.78, 5) is 24.5. The molecule has 0 aliphatic rings. The molecule has 0 aliphatic carbocycles. The van der Waals surface area contributed by atoms with Crippen LogP contribution in [0.15, 0.2) is 72.8 Å². The second-order valence-corrected chi connectivity index (χ2v) is 7.07. The molecule has 0 fully saturated rings. The summed E-state index contributed by atoms with van der Waals surface area (Å²) in [6.07, 6.45) is 2.52. The number of nitrogens with one attached hydrogen (secondary N) is 1. The second kappa shape index (κ2) is 9.80. The number of para-hydroxylation sites is 1. The van der Waals surface area contributed by atoms with Gasteiger partial charge in [-0.1, -0.05) is 36.4 Å². The van der Waals surface area contributed by atoms with Gasteiger partial charge in [-0.3, -0.25) is 4.79 Å². The Balaban J connectivity index is 1.85. The highest BCUT2D eigenvalue weighted by Gasteiger charge is 2.15. The molecule has 0 spiro atoms. The fraction of sp³-hybridized carbons (Fsp3) is 0.120. The number of hydrogen-bond donors (Lipinski definition) is 1. The van der Waals surface area contributed by atoms with Crippen LogP contribution in [0.5, 0.6) is 0 Å². The van der Waals surface area contributed by atoms with Crippen LogP contribution in [0.25, 0.3) is 17.2 Å². The molecule has 158 valence electrons. The zero-order valence-electron chi connectivity index (χ0n) is 17.1. The Morgan fingerprint density at radius 1 is 0.935 bits per heavy atom.